The van der Waals surface area contributed by atoms with E-state index >= 15 is 0 Å². The molecule has 1 amide bonds. The molecule has 0 bridgehead atoms. The first-order valence-corrected chi connectivity index (χ1v) is 6.97. The Bertz CT molecular complexity index is 637. The molecule has 0 unspecified atom stereocenters. The molecule has 0 heterocycles. The van der Waals surface area contributed by atoms with Crippen LogP contribution in [0.25, 0.3) is 0 Å². The van der Waals surface area contributed by atoms with Gasteiger partial charge in [0.2, 0.25) is 0 Å². The van der Waals surface area contributed by atoms with E-state index in [1.165, 1.54) is 17.1 Å². The molecule has 3 heteroatoms. The van der Waals surface area contributed by atoms with E-state index in [1.54, 1.807) is 0 Å². The van der Waals surface area contributed by atoms with Crippen LogP contribution >= 0.6 is 0 Å². The van der Waals surface area contributed by atoms with Crippen molar-refractivity contribution in [2.24, 2.45) is 0 Å². The van der Waals surface area contributed by atoms with E-state index in [2.05, 4.69) is 43.0 Å². The van der Waals surface area contributed by atoms with Gasteiger partial charge in [-0.05, 0) is 30.2 Å². The number of benzene rings is 2. The Hall–Kier alpha value is -2.83. The third-order valence-corrected chi connectivity index (χ3v) is 2.67. The summed E-state index contributed by atoms with van der Waals surface area (Å²) in [6, 6.07) is 19.9. The van der Waals surface area contributed by atoms with Crippen LogP contribution in [0.3, 0.4) is 0 Å². The van der Waals surface area contributed by atoms with Crippen molar-refractivity contribution in [1.29, 1.82) is 0 Å². The monoisotopic (exact) mass is 293 g/mol. The number of amides is 1. The van der Waals surface area contributed by atoms with Crippen molar-refractivity contribution in [2.45, 2.75) is 13.3 Å². The lowest BCUT2D eigenvalue weighted by Gasteiger charge is -1.89. The third kappa shape index (κ3) is 7.68. The minimum absolute atomic E-state index is 0.590. The minimum Gasteiger partial charge on any atom is -0.288 e. The summed E-state index contributed by atoms with van der Waals surface area (Å²) in [5.74, 6) is 4.90. The number of aryl methyl sites for hydroxylation is 1. The summed E-state index contributed by atoms with van der Waals surface area (Å²) in [6.45, 7) is 2.16. The number of nitrogens with one attached hydrogen (secondary N) is 1. The van der Waals surface area contributed by atoms with Crippen LogP contribution in [0, 0.1) is 11.8 Å². The second kappa shape index (κ2) is 10.9. The van der Waals surface area contributed by atoms with Gasteiger partial charge in [-0.2, -0.15) is 0 Å². The molecule has 0 saturated heterocycles. The largest absolute Gasteiger partial charge is 0.288 e. The molecule has 112 valence electrons. The molecule has 0 fully saturated rings. The number of hydrogen-bond acceptors (Lipinski definition) is 2. The lowest BCUT2D eigenvalue weighted by molar-refractivity contribution is -0.124. The Balaban J connectivity index is 0.000000255. The molecule has 2 N–H and O–H groups in total. The number of carbonyl (C=O) groups is 1. The summed E-state index contributed by atoms with van der Waals surface area (Å²) in [6.07, 6.45) is 3.66. The average Bonchev–Trinajstić information content (AvgIpc) is 2.60. The molecule has 0 saturated carbocycles. The molecule has 0 aliphatic heterocycles. The maximum atomic E-state index is 10.5. The van der Waals surface area contributed by atoms with Crippen molar-refractivity contribution >= 4 is 5.91 Å². The molecule has 2 aromatic carbocycles. The molecule has 0 atom stereocenters. The Labute approximate surface area is 131 Å². The van der Waals surface area contributed by atoms with Gasteiger partial charge in [-0.1, -0.05) is 67.3 Å². The standard InChI is InChI=1S/C11H9NO2.C8H10/c13-11(12-14)9-5-4-8-10-6-2-1-3-7-10;1-2-8-6-4-3-5-7-8/h1-3,5-7,9,14H,(H,12,13);3-7H,2H2,1H3/b9-5+;. The number of allylic oxidation sites excluding steroid dienone is 1. The van der Waals surface area contributed by atoms with Crippen LogP contribution in [-0.2, 0) is 11.2 Å². The summed E-state index contributed by atoms with van der Waals surface area (Å²) in [7, 11) is 0. The molecule has 0 spiro atoms. The van der Waals surface area contributed by atoms with Crippen LogP contribution in [0.15, 0.2) is 72.8 Å². The number of carbonyl (C=O) groups excluding carboxylic acids is 1. The minimum atomic E-state index is -0.590. The van der Waals surface area contributed by atoms with Gasteiger partial charge >= 0.3 is 0 Å². The van der Waals surface area contributed by atoms with Gasteiger partial charge in [-0.15, -0.1) is 0 Å². The number of hydroxylamine groups is 1. The van der Waals surface area contributed by atoms with Gasteiger partial charge in [0.15, 0.2) is 0 Å². The zero-order chi connectivity index (χ0) is 16.0. The quantitative estimate of drug-likeness (QED) is 0.386. The van der Waals surface area contributed by atoms with Crippen molar-refractivity contribution < 1.29 is 10.0 Å². The van der Waals surface area contributed by atoms with Gasteiger partial charge in [0.1, 0.15) is 0 Å². The first kappa shape index (κ1) is 17.2. The van der Waals surface area contributed by atoms with Gasteiger partial charge in [0.25, 0.3) is 5.91 Å². The third-order valence-electron chi connectivity index (χ3n) is 2.67. The molecule has 0 radical (unpaired) electrons. The van der Waals surface area contributed by atoms with Gasteiger partial charge in [-0.3, -0.25) is 10.0 Å². The summed E-state index contributed by atoms with van der Waals surface area (Å²) in [5, 5.41) is 8.15. The van der Waals surface area contributed by atoms with Crippen LogP contribution in [0.1, 0.15) is 18.1 Å². The number of hydrogen-bond donors (Lipinski definition) is 2. The van der Waals surface area contributed by atoms with Gasteiger partial charge in [0.05, 0.1) is 0 Å². The molecular weight excluding hydrogens is 274 g/mol. The van der Waals surface area contributed by atoms with Crippen LogP contribution in [0.2, 0.25) is 0 Å². The van der Waals surface area contributed by atoms with E-state index in [1.807, 2.05) is 36.4 Å². The van der Waals surface area contributed by atoms with E-state index in [-0.39, 0.29) is 0 Å². The fourth-order valence-electron chi connectivity index (χ4n) is 1.51. The highest BCUT2D eigenvalue weighted by molar-refractivity contribution is 5.86. The average molecular weight is 293 g/mol. The van der Waals surface area contributed by atoms with E-state index in [9.17, 15) is 4.79 Å². The first-order chi connectivity index (χ1) is 10.8. The lowest BCUT2D eigenvalue weighted by atomic mass is 10.2. The van der Waals surface area contributed by atoms with Gasteiger partial charge < -0.3 is 0 Å². The van der Waals surface area contributed by atoms with Crippen molar-refractivity contribution in [3.05, 3.63) is 83.9 Å². The van der Waals surface area contributed by atoms with Crippen molar-refractivity contribution in [3.63, 3.8) is 0 Å². The molecular formula is C19H19NO2. The molecule has 2 rings (SSSR count). The molecule has 22 heavy (non-hydrogen) atoms. The zero-order valence-electron chi connectivity index (χ0n) is 12.5. The Morgan fingerprint density at radius 1 is 1.09 bits per heavy atom. The zero-order valence-corrected chi connectivity index (χ0v) is 12.5. The van der Waals surface area contributed by atoms with Gasteiger partial charge in [-0.25, -0.2) is 5.48 Å². The topological polar surface area (TPSA) is 49.3 Å². The molecule has 2 aromatic rings. The van der Waals surface area contributed by atoms with Crippen LogP contribution in [0.4, 0.5) is 0 Å². The molecule has 0 aliphatic carbocycles. The van der Waals surface area contributed by atoms with E-state index < -0.39 is 5.91 Å². The summed E-state index contributed by atoms with van der Waals surface area (Å²) in [5.41, 5.74) is 3.76. The maximum absolute atomic E-state index is 10.5. The highest BCUT2D eigenvalue weighted by Gasteiger charge is 1.85. The fourth-order valence-corrected chi connectivity index (χ4v) is 1.51. The van der Waals surface area contributed by atoms with Crippen LogP contribution in [-0.4, -0.2) is 11.1 Å². The predicted octanol–water partition coefficient (Wildman–Crippen LogP) is 3.35. The molecule has 0 aliphatic rings. The Kier molecular flexibility index (Phi) is 8.53. The molecule has 0 aromatic heterocycles. The van der Waals surface area contributed by atoms with Crippen LogP contribution < -0.4 is 5.48 Å². The highest BCUT2D eigenvalue weighted by Crippen LogP contribution is 1.97. The second-order valence-electron chi connectivity index (χ2n) is 4.28. The van der Waals surface area contributed by atoms with Crippen molar-refractivity contribution in [2.75, 3.05) is 0 Å². The number of rotatable bonds is 2. The van der Waals surface area contributed by atoms with E-state index in [4.69, 9.17) is 5.21 Å². The highest BCUT2D eigenvalue weighted by atomic mass is 16.5. The molecule has 3 nitrogen and oxygen atoms in total. The maximum Gasteiger partial charge on any atom is 0.267 e. The van der Waals surface area contributed by atoms with Crippen LogP contribution in [0.5, 0.6) is 0 Å². The fraction of sp³-hybridized carbons (Fsp3) is 0.105. The Morgan fingerprint density at radius 2 is 1.68 bits per heavy atom. The van der Waals surface area contributed by atoms with E-state index in [0.29, 0.717) is 0 Å². The summed E-state index contributed by atoms with van der Waals surface area (Å²) < 4.78 is 0. The normalized spacial score (nSPS) is 9.18. The second-order valence-corrected chi connectivity index (χ2v) is 4.28. The first-order valence-electron chi connectivity index (χ1n) is 6.97. The smallest absolute Gasteiger partial charge is 0.267 e. The summed E-state index contributed by atoms with van der Waals surface area (Å²) in [4.78, 5) is 10.5. The predicted molar refractivity (Wildman–Crippen MR) is 88.2 cm³/mol. The SMILES string of the molecule is CCc1ccccc1.O=C(/C=C/C#Cc1ccccc1)NO. The Morgan fingerprint density at radius 3 is 2.18 bits per heavy atom. The van der Waals surface area contributed by atoms with Crippen molar-refractivity contribution in [3.8, 4) is 11.8 Å². The van der Waals surface area contributed by atoms with Gasteiger partial charge in [0, 0.05) is 11.6 Å². The van der Waals surface area contributed by atoms with E-state index in [0.717, 1.165) is 18.1 Å². The van der Waals surface area contributed by atoms with Crippen molar-refractivity contribution in [1.82, 2.24) is 5.48 Å². The summed E-state index contributed by atoms with van der Waals surface area (Å²) >= 11 is 0. The lowest BCUT2D eigenvalue weighted by Crippen LogP contribution is -2.14.